The van der Waals surface area contributed by atoms with Gasteiger partial charge in [0.1, 0.15) is 5.02 Å². The molecule has 0 aliphatic heterocycles. The fourth-order valence-corrected chi connectivity index (χ4v) is 0.936. The second kappa shape index (κ2) is 3.40. The molecule has 0 aliphatic rings. The van der Waals surface area contributed by atoms with Gasteiger partial charge in [-0.2, -0.15) is 0 Å². The van der Waals surface area contributed by atoms with Crippen LogP contribution in [0.4, 0.5) is 0 Å². The summed E-state index contributed by atoms with van der Waals surface area (Å²) in [5.41, 5.74) is 0.0424. The van der Waals surface area contributed by atoms with Gasteiger partial charge in [-0.05, 0) is 6.07 Å². The summed E-state index contributed by atoms with van der Waals surface area (Å²) in [5, 5.41) is 8.73. The summed E-state index contributed by atoms with van der Waals surface area (Å²) < 4.78 is 4.74. The molecule has 0 unspecified atom stereocenters. The first-order valence-electron chi connectivity index (χ1n) is 3.08. The molecule has 0 aromatic carbocycles. The highest BCUT2D eigenvalue weighted by molar-refractivity contribution is 6.32. The second-order valence-corrected chi connectivity index (χ2v) is 2.43. The minimum atomic E-state index is -1.06. The zero-order valence-corrected chi connectivity index (χ0v) is 7.00. The number of carbonyl (C=O) groups is 1. The first-order chi connectivity index (χ1) is 5.65. The number of aromatic nitrogens is 1. The lowest BCUT2D eigenvalue weighted by Gasteiger charge is -2.00. The van der Waals surface area contributed by atoms with Crippen LogP contribution in [0.1, 0.15) is 10.4 Å². The molecule has 0 fully saturated rings. The quantitative estimate of drug-likeness (QED) is 0.761. The van der Waals surface area contributed by atoms with Gasteiger partial charge in [0.15, 0.2) is 0 Å². The van der Waals surface area contributed by atoms with Gasteiger partial charge < -0.3 is 9.84 Å². The summed E-state index contributed by atoms with van der Waals surface area (Å²) in [6.07, 6.45) is 1.19. The third-order valence-corrected chi connectivity index (χ3v) is 1.52. The van der Waals surface area contributed by atoms with E-state index < -0.39 is 5.97 Å². The highest BCUT2D eigenvalue weighted by Gasteiger charge is 2.07. The van der Waals surface area contributed by atoms with Gasteiger partial charge in [0.2, 0.25) is 5.88 Å². The number of carboxylic acid groups (broad SMARTS) is 1. The monoisotopic (exact) mass is 187 g/mol. The first kappa shape index (κ1) is 8.80. The fraction of sp³-hybridized carbons (Fsp3) is 0.143. The number of rotatable bonds is 2. The summed E-state index contributed by atoms with van der Waals surface area (Å²) in [4.78, 5) is 14.1. The Morgan fingerprint density at radius 3 is 2.83 bits per heavy atom. The predicted octanol–water partition coefficient (Wildman–Crippen LogP) is 1.44. The number of ether oxygens (including phenoxy) is 1. The van der Waals surface area contributed by atoms with E-state index in [9.17, 15) is 4.79 Å². The average molecular weight is 188 g/mol. The number of hydrogen-bond donors (Lipinski definition) is 1. The van der Waals surface area contributed by atoms with Gasteiger partial charge in [-0.15, -0.1) is 0 Å². The SMILES string of the molecule is COc1ncc(C(=O)O)cc1Cl. The van der Waals surface area contributed by atoms with Crippen LogP contribution in [0.5, 0.6) is 5.88 Å². The van der Waals surface area contributed by atoms with Crippen molar-refractivity contribution in [1.29, 1.82) is 0 Å². The van der Waals surface area contributed by atoms with Crippen LogP contribution in [0.3, 0.4) is 0 Å². The summed E-state index contributed by atoms with van der Waals surface area (Å²) in [7, 11) is 1.41. The van der Waals surface area contributed by atoms with E-state index in [0.717, 1.165) is 0 Å². The Hall–Kier alpha value is -1.29. The summed E-state index contributed by atoms with van der Waals surface area (Å²) >= 11 is 5.62. The molecule has 4 nitrogen and oxygen atoms in total. The van der Waals surface area contributed by atoms with Crippen LogP contribution in [-0.4, -0.2) is 23.2 Å². The molecule has 0 atom stereocenters. The van der Waals surface area contributed by atoms with Crippen molar-refractivity contribution in [3.05, 3.63) is 22.8 Å². The lowest BCUT2D eigenvalue weighted by Crippen LogP contribution is -1.98. The van der Waals surface area contributed by atoms with Gasteiger partial charge in [-0.3, -0.25) is 0 Å². The number of halogens is 1. The Labute approximate surface area is 73.8 Å². The molecule has 0 amide bonds. The molecule has 64 valence electrons. The van der Waals surface area contributed by atoms with Crippen LogP contribution in [-0.2, 0) is 0 Å². The standard InChI is InChI=1S/C7H6ClNO3/c1-12-6-5(8)2-4(3-9-6)7(10)11/h2-3H,1H3,(H,10,11). The van der Waals surface area contributed by atoms with Crippen LogP contribution in [0.25, 0.3) is 0 Å². The molecule has 1 rings (SSSR count). The van der Waals surface area contributed by atoms with E-state index in [0.29, 0.717) is 0 Å². The molecule has 1 aromatic heterocycles. The topological polar surface area (TPSA) is 59.4 Å². The molecule has 0 radical (unpaired) electrons. The van der Waals surface area contributed by atoms with E-state index in [1.807, 2.05) is 0 Å². The first-order valence-corrected chi connectivity index (χ1v) is 3.45. The van der Waals surface area contributed by atoms with Gasteiger partial charge in [-0.1, -0.05) is 11.6 Å². The van der Waals surface area contributed by atoms with Crippen molar-refractivity contribution in [1.82, 2.24) is 4.98 Å². The number of pyridine rings is 1. The number of hydrogen-bond acceptors (Lipinski definition) is 3. The number of methoxy groups -OCH3 is 1. The van der Waals surface area contributed by atoms with E-state index in [2.05, 4.69) is 4.98 Å². The van der Waals surface area contributed by atoms with E-state index in [1.165, 1.54) is 19.4 Å². The van der Waals surface area contributed by atoms with Crippen molar-refractivity contribution in [2.75, 3.05) is 7.11 Å². The predicted molar refractivity (Wildman–Crippen MR) is 42.8 cm³/mol. The molecule has 1 heterocycles. The maximum atomic E-state index is 10.4. The van der Waals surface area contributed by atoms with E-state index in [1.54, 1.807) is 0 Å². The molecule has 12 heavy (non-hydrogen) atoms. The highest BCUT2D eigenvalue weighted by Crippen LogP contribution is 2.21. The molecule has 0 bridgehead atoms. The van der Waals surface area contributed by atoms with E-state index >= 15 is 0 Å². The molecular weight excluding hydrogens is 182 g/mol. The summed E-state index contributed by atoms with van der Waals surface area (Å²) in [6, 6.07) is 1.29. The Bertz CT molecular complexity index is 314. The minimum Gasteiger partial charge on any atom is -0.480 e. The van der Waals surface area contributed by atoms with Crippen molar-refractivity contribution < 1.29 is 14.6 Å². The van der Waals surface area contributed by atoms with E-state index in [-0.39, 0.29) is 16.5 Å². The number of carboxylic acids is 1. The van der Waals surface area contributed by atoms with Gasteiger partial charge in [0.25, 0.3) is 0 Å². The van der Waals surface area contributed by atoms with Gasteiger partial charge in [-0.25, -0.2) is 9.78 Å². The maximum absolute atomic E-state index is 10.4. The zero-order valence-electron chi connectivity index (χ0n) is 6.24. The van der Waals surface area contributed by atoms with Crippen LogP contribution in [0, 0.1) is 0 Å². The molecule has 1 N–H and O–H groups in total. The number of nitrogens with zero attached hydrogens (tertiary/aromatic N) is 1. The Balaban J connectivity index is 3.10. The van der Waals surface area contributed by atoms with Crippen molar-refractivity contribution in [3.8, 4) is 5.88 Å². The third-order valence-electron chi connectivity index (χ3n) is 1.25. The van der Waals surface area contributed by atoms with Crippen LogP contribution >= 0.6 is 11.6 Å². The van der Waals surface area contributed by atoms with Crippen molar-refractivity contribution in [2.45, 2.75) is 0 Å². The van der Waals surface area contributed by atoms with Crippen LogP contribution < -0.4 is 4.74 Å². The Morgan fingerprint density at radius 1 is 1.75 bits per heavy atom. The molecule has 5 heteroatoms. The molecule has 0 aliphatic carbocycles. The molecule has 0 saturated carbocycles. The lowest BCUT2D eigenvalue weighted by molar-refractivity contribution is 0.0696. The van der Waals surface area contributed by atoms with Crippen molar-refractivity contribution in [2.24, 2.45) is 0 Å². The normalized spacial score (nSPS) is 9.50. The van der Waals surface area contributed by atoms with Crippen molar-refractivity contribution in [3.63, 3.8) is 0 Å². The highest BCUT2D eigenvalue weighted by atomic mass is 35.5. The Morgan fingerprint density at radius 2 is 2.42 bits per heavy atom. The largest absolute Gasteiger partial charge is 0.480 e. The summed E-state index contributed by atoms with van der Waals surface area (Å²) in [5.74, 6) is -0.839. The van der Waals surface area contributed by atoms with Gasteiger partial charge >= 0.3 is 5.97 Å². The fourth-order valence-electron chi connectivity index (χ4n) is 0.693. The molecule has 0 saturated heterocycles. The van der Waals surface area contributed by atoms with Crippen molar-refractivity contribution >= 4 is 17.6 Å². The molecule has 0 spiro atoms. The van der Waals surface area contributed by atoms with E-state index in [4.69, 9.17) is 21.4 Å². The third kappa shape index (κ3) is 1.65. The lowest BCUT2D eigenvalue weighted by atomic mass is 10.3. The molecular formula is C7H6ClNO3. The zero-order chi connectivity index (χ0) is 9.14. The molecule has 1 aromatic rings. The average Bonchev–Trinajstić information content (AvgIpc) is 2.04. The number of aromatic carboxylic acids is 1. The van der Waals surface area contributed by atoms with Gasteiger partial charge in [0.05, 0.1) is 12.7 Å². The Kier molecular flexibility index (Phi) is 2.50. The minimum absolute atomic E-state index is 0.0424. The maximum Gasteiger partial charge on any atom is 0.337 e. The van der Waals surface area contributed by atoms with Gasteiger partial charge in [0, 0.05) is 6.20 Å². The van der Waals surface area contributed by atoms with Crippen LogP contribution in [0.15, 0.2) is 12.3 Å². The smallest absolute Gasteiger partial charge is 0.337 e. The summed E-state index contributed by atoms with van der Waals surface area (Å²) in [6.45, 7) is 0. The second-order valence-electron chi connectivity index (χ2n) is 2.02. The van der Waals surface area contributed by atoms with Crippen LogP contribution in [0.2, 0.25) is 5.02 Å².